The third-order valence-corrected chi connectivity index (χ3v) is 5.70. The Morgan fingerprint density at radius 2 is 1.53 bits per heavy atom. The van der Waals surface area contributed by atoms with Crippen molar-refractivity contribution in [1.29, 1.82) is 0 Å². The number of carbonyl (C=O) groups excluding carboxylic acids is 2. The predicted octanol–water partition coefficient (Wildman–Crippen LogP) is 6.83. The Labute approximate surface area is 203 Å². The van der Waals surface area contributed by atoms with Crippen LogP contribution in [0.1, 0.15) is 54.9 Å². The van der Waals surface area contributed by atoms with Crippen LogP contribution in [0.25, 0.3) is 0 Å². The number of hydrogen-bond donors (Lipinski definition) is 0. The Morgan fingerprint density at radius 3 is 2.14 bits per heavy atom. The summed E-state index contributed by atoms with van der Waals surface area (Å²) in [4.78, 5) is 24.2. The lowest BCUT2D eigenvalue weighted by atomic mass is 9.83. The molecule has 36 heavy (non-hydrogen) atoms. The van der Waals surface area contributed by atoms with Crippen LogP contribution in [0.2, 0.25) is 0 Å². The molecule has 1 saturated carbocycles. The van der Waals surface area contributed by atoms with Crippen LogP contribution in [0.3, 0.4) is 0 Å². The zero-order chi connectivity index (χ0) is 26.5. The third kappa shape index (κ3) is 8.76. The van der Waals surface area contributed by atoms with E-state index in [1.807, 2.05) is 0 Å². The average molecular weight is 518 g/mol. The van der Waals surface area contributed by atoms with Gasteiger partial charge >= 0.3 is 12.7 Å². The molecular formula is C25H24F6O5. The van der Waals surface area contributed by atoms with Gasteiger partial charge in [-0.3, -0.25) is 9.59 Å². The highest BCUT2D eigenvalue weighted by Crippen LogP contribution is 2.34. The molecule has 0 N–H and O–H groups in total. The van der Waals surface area contributed by atoms with Gasteiger partial charge in [0.25, 0.3) is 0 Å². The molecule has 1 aliphatic rings. The van der Waals surface area contributed by atoms with Crippen LogP contribution in [0.4, 0.5) is 26.3 Å². The summed E-state index contributed by atoms with van der Waals surface area (Å²) < 4.78 is 88.4. The minimum absolute atomic E-state index is 0.00828. The maximum atomic E-state index is 12.5. The van der Waals surface area contributed by atoms with Gasteiger partial charge in [-0.1, -0.05) is 12.1 Å². The summed E-state index contributed by atoms with van der Waals surface area (Å²) >= 11 is 0. The lowest BCUT2D eigenvalue weighted by Gasteiger charge is -2.29. The van der Waals surface area contributed by atoms with Crippen molar-refractivity contribution in [2.24, 2.45) is 5.92 Å². The minimum atomic E-state index is -4.93. The molecular weight excluding hydrogens is 494 g/mol. The lowest BCUT2D eigenvalue weighted by molar-refractivity contribution is -0.275. The van der Waals surface area contributed by atoms with Gasteiger partial charge in [0.1, 0.15) is 23.0 Å². The Morgan fingerprint density at radius 1 is 0.861 bits per heavy atom. The fourth-order valence-electron chi connectivity index (χ4n) is 4.19. The van der Waals surface area contributed by atoms with Crippen LogP contribution >= 0.6 is 0 Å². The second-order valence-electron chi connectivity index (χ2n) is 8.64. The summed E-state index contributed by atoms with van der Waals surface area (Å²) in [6, 6.07) is 8.88. The molecule has 0 bridgehead atoms. The van der Waals surface area contributed by atoms with E-state index in [1.165, 1.54) is 30.3 Å². The Balaban J connectivity index is 1.50. The molecule has 1 fully saturated rings. The van der Waals surface area contributed by atoms with E-state index in [9.17, 15) is 35.9 Å². The van der Waals surface area contributed by atoms with Gasteiger partial charge < -0.3 is 14.2 Å². The molecule has 196 valence electrons. The van der Waals surface area contributed by atoms with E-state index in [2.05, 4.69) is 9.47 Å². The second-order valence-corrected chi connectivity index (χ2v) is 8.64. The van der Waals surface area contributed by atoms with E-state index < -0.39 is 24.3 Å². The monoisotopic (exact) mass is 518 g/mol. The van der Waals surface area contributed by atoms with Crippen molar-refractivity contribution < 1.29 is 50.1 Å². The van der Waals surface area contributed by atoms with E-state index in [-0.39, 0.29) is 47.7 Å². The smallest absolute Gasteiger partial charge is 0.490 e. The van der Waals surface area contributed by atoms with Crippen LogP contribution < -0.4 is 14.2 Å². The fourth-order valence-corrected chi connectivity index (χ4v) is 4.19. The Kier molecular flexibility index (Phi) is 8.52. The van der Waals surface area contributed by atoms with Crippen LogP contribution in [0.5, 0.6) is 17.2 Å². The van der Waals surface area contributed by atoms with Gasteiger partial charge in [0, 0.05) is 12.8 Å². The van der Waals surface area contributed by atoms with E-state index in [0.29, 0.717) is 31.2 Å². The summed E-state index contributed by atoms with van der Waals surface area (Å²) in [5.41, 5.74) is 0.187. The highest BCUT2D eigenvalue weighted by molar-refractivity contribution is 5.97. The number of ether oxygens (including phenoxy) is 3. The van der Waals surface area contributed by atoms with Crippen molar-refractivity contribution in [2.75, 3.05) is 0 Å². The van der Waals surface area contributed by atoms with Crippen molar-refractivity contribution in [3.63, 3.8) is 0 Å². The molecule has 0 amide bonds. The maximum absolute atomic E-state index is 12.5. The number of Topliss-reactive ketones (excluding diaryl/α,β-unsaturated/α-hetero) is 2. The molecule has 3 rings (SSSR count). The zero-order valence-electron chi connectivity index (χ0n) is 19.2. The standard InChI is InChI=1S/C25H24F6O5/c1-15(32)22-14-20(9-10-23(22)36-25(29,30)31)34-19-7-5-16(6-8-19)11-18(33)12-17-3-2-4-21(13-17)35-24(26,27)28/h2-4,9-10,13-14,16,19H,5-8,11-12H2,1H3. The number of benzene rings is 2. The molecule has 11 heteroatoms. The maximum Gasteiger partial charge on any atom is 0.573 e. The van der Waals surface area contributed by atoms with E-state index >= 15 is 0 Å². The summed E-state index contributed by atoms with van der Waals surface area (Å²) in [5, 5.41) is 0. The summed E-state index contributed by atoms with van der Waals surface area (Å²) in [6.07, 6.45) is -7.17. The van der Waals surface area contributed by atoms with E-state index in [4.69, 9.17) is 4.74 Å². The molecule has 2 aromatic carbocycles. The van der Waals surface area contributed by atoms with Crippen LogP contribution in [-0.2, 0) is 11.2 Å². The number of hydrogen-bond acceptors (Lipinski definition) is 5. The normalized spacial score (nSPS) is 18.4. The highest BCUT2D eigenvalue weighted by atomic mass is 19.4. The average Bonchev–Trinajstić information content (AvgIpc) is 2.74. The van der Waals surface area contributed by atoms with Crippen LogP contribution in [-0.4, -0.2) is 30.4 Å². The third-order valence-electron chi connectivity index (χ3n) is 5.70. The van der Waals surface area contributed by atoms with Gasteiger partial charge in [0.05, 0.1) is 11.7 Å². The van der Waals surface area contributed by atoms with Gasteiger partial charge in [-0.05, 0) is 74.4 Å². The van der Waals surface area contributed by atoms with Crippen molar-refractivity contribution in [2.45, 2.75) is 64.3 Å². The van der Waals surface area contributed by atoms with Crippen molar-refractivity contribution in [1.82, 2.24) is 0 Å². The van der Waals surface area contributed by atoms with Crippen molar-refractivity contribution in [3.8, 4) is 17.2 Å². The van der Waals surface area contributed by atoms with Crippen LogP contribution in [0, 0.1) is 5.92 Å². The summed E-state index contributed by atoms with van der Waals surface area (Å²) in [6.45, 7) is 1.13. The first-order chi connectivity index (χ1) is 16.8. The molecule has 0 atom stereocenters. The second kappa shape index (κ2) is 11.2. The summed E-state index contributed by atoms with van der Waals surface area (Å²) in [5.74, 6) is -1.35. The molecule has 5 nitrogen and oxygen atoms in total. The molecule has 0 unspecified atom stereocenters. The first-order valence-electron chi connectivity index (χ1n) is 11.2. The van der Waals surface area contributed by atoms with E-state index in [0.717, 1.165) is 13.0 Å². The number of halogens is 6. The minimum Gasteiger partial charge on any atom is -0.490 e. The number of ketones is 2. The van der Waals surface area contributed by atoms with Crippen LogP contribution in [0.15, 0.2) is 42.5 Å². The molecule has 0 aliphatic heterocycles. The largest absolute Gasteiger partial charge is 0.573 e. The lowest BCUT2D eigenvalue weighted by Crippen LogP contribution is -2.25. The van der Waals surface area contributed by atoms with Gasteiger partial charge in [0.2, 0.25) is 0 Å². The molecule has 0 saturated heterocycles. The van der Waals surface area contributed by atoms with Gasteiger partial charge in [0.15, 0.2) is 5.78 Å². The molecule has 2 aromatic rings. The molecule has 1 aliphatic carbocycles. The Hall–Kier alpha value is -3.24. The van der Waals surface area contributed by atoms with Crippen molar-refractivity contribution >= 4 is 11.6 Å². The quantitative estimate of drug-likeness (QED) is 0.269. The molecule has 0 heterocycles. The molecule has 0 radical (unpaired) electrons. The first-order valence-corrected chi connectivity index (χ1v) is 11.2. The summed E-state index contributed by atoms with van der Waals surface area (Å²) in [7, 11) is 0. The zero-order valence-corrected chi connectivity index (χ0v) is 19.2. The first kappa shape index (κ1) is 27.3. The number of rotatable bonds is 9. The van der Waals surface area contributed by atoms with Gasteiger partial charge in [-0.15, -0.1) is 26.3 Å². The fraction of sp³-hybridized carbons (Fsp3) is 0.440. The predicted molar refractivity (Wildman–Crippen MR) is 116 cm³/mol. The Bertz CT molecular complexity index is 1070. The number of carbonyl (C=O) groups is 2. The molecule has 0 aromatic heterocycles. The van der Waals surface area contributed by atoms with E-state index in [1.54, 1.807) is 6.07 Å². The topological polar surface area (TPSA) is 61.8 Å². The molecule has 0 spiro atoms. The number of alkyl halides is 6. The highest BCUT2D eigenvalue weighted by Gasteiger charge is 2.33. The van der Waals surface area contributed by atoms with Gasteiger partial charge in [-0.2, -0.15) is 0 Å². The van der Waals surface area contributed by atoms with Crippen molar-refractivity contribution in [3.05, 3.63) is 53.6 Å². The van der Waals surface area contributed by atoms with Gasteiger partial charge in [-0.25, -0.2) is 0 Å². The SMILES string of the molecule is CC(=O)c1cc(OC2CCC(CC(=O)Cc3cccc(OC(F)(F)F)c3)CC2)ccc1OC(F)(F)F.